The van der Waals surface area contributed by atoms with E-state index >= 15 is 0 Å². The van der Waals surface area contributed by atoms with Crippen molar-refractivity contribution in [2.75, 3.05) is 7.11 Å². The van der Waals surface area contributed by atoms with E-state index in [0.717, 1.165) is 0 Å². The molecule has 0 saturated heterocycles. The van der Waals surface area contributed by atoms with E-state index in [1.807, 2.05) is 0 Å². The average Bonchev–Trinajstić information content (AvgIpc) is 2.28. The van der Waals surface area contributed by atoms with Crippen molar-refractivity contribution in [2.24, 2.45) is 5.73 Å². The summed E-state index contributed by atoms with van der Waals surface area (Å²) < 4.78 is 4.45. The third kappa shape index (κ3) is 2.19. The quantitative estimate of drug-likeness (QED) is 0.434. The molecule has 1 aromatic rings. The number of hydrogen-bond acceptors (Lipinski definition) is 5. The first-order valence-corrected chi connectivity index (χ1v) is 4.32. The highest BCUT2D eigenvalue weighted by molar-refractivity contribution is 6.15. The largest absolute Gasteiger partial charge is 0.467 e. The molecule has 0 radical (unpaired) electrons. The van der Waals surface area contributed by atoms with E-state index in [2.05, 4.69) is 9.72 Å². The normalized spacial score (nSPS) is 14.1. The lowest BCUT2D eigenvalue weighted by Gasteiger charge is -2.19. The Bertz CT molecular complexity index is 374. The summed E-state index contributed by atoms with van der Waals surface area (Å²) in [5.74, 6) is -1.28. The third-order valence-corrected chi connectivity index (χ3v) is 2.00. The first kappa shape index (κ1) is 11.3. The molecule has 0 aliphatic carbocycles. The van der Waals surface area contributed by atoms with E-state index in [1.165, 1.54) is 26.4 Å². The van der Waals surface area contributed by atoms with Gasteiger partial charge in [0.2, 0.25) is 0 Å². The van der Waals surface area contributed by atoms with Crippen LogP contribution in [0, 0.1) is 0 Å². The molecule has 2 N–H and O–H groups in total. The zero-order valence-electron chi connectivity index (χ0n) is 8.56. The number of nitrogens with zero attached hydrogens (tertiary/aromatic N) is 1. The van der Waals surface area contributed by atoms with Crippen LogP contribution in [0.5, 0.6) is 0 Å². The van der Waals surface area contributed by atoms with Crippen molar-refractivity contribution in [3.05, 3.63) is 30.1 Å². The van der Waals surface area contributed by atoms with Gasteiger partial charge in [0.25, 0.3) is 0 Å². The summed E-state index contributed by atoms with van der Waals surface area (Å²) >= 11 is 0. The summed E-state index contributed by atoms with van der Waals surface area (Å²) in [7, 11) is 1.18. The van der Waals surface area contributed by atoms with Gasteiger partial charge in [-0.1, -0.05) is 0 Å². The van der Waals surface area contributed by atoms with E-state index in [1.54, 1.807) is 12.1 Å². The van der Waals surface area contributed by atoms with Crippen molar-refractivity contribution in [3.8, 4) is 0 Å². The first-order chi connectivity index (χ1) is 7.00. The first-order valence-electron chi connectivity index (χ1n) is 4.32. The summed E-state index contributed by atoms with van der Waals surface area (Å²) in [6, 6.07) is 3.14. The van der Waals surface area contributed by atoms with Crippen molar-refractivity contribution in [2.45, 2.75) is 12.5 Å². The zero-order valence-corrected chi connectivity index (χ0v) is 8.56. The van der Waals surface area contributed by atoms with Crippen LogP contribution in [0.4, 0.5) is 0 Å². The Morgan fingerprint density at radius 1 is 1.53 bits per heavy atom. The van der Waals surface area contributed by atoms with Crippen LogP contribution in [0.25, 0.3) is 0 Å². The Hall–Kier alpha value is -1.75. The van der Waals surface area contributed by atoms with Crippen LogP contribution in [0.2, 0.25) is 0 Å². The van der Waals surface area contributed by atoms with Gasteiger partial charge < -0.3 is 10.5 Å². The monoisotopic (exact) mass is 208 g/mol. The molecule has 0 unspecified atom stereocenters. The van der Waals surface area contributed by atoms with Crippen molar-refractivity contribution >= 4 is 11.8 Å². The minimum absolute atomic E-state index is 0.285. The minimum Gasteiger partial charge on any atom is -0.467 e. The van der Waals surface area contributed by atoms with Crippen LogP contribution < -0.4 is 5.73 Å². The standard InChI is InChI=1S/C10H12N2O3/c1-10(11,9(14)15-2)8(13)7-4-3-5-12-6-7/h3-6H,11H2,1-2H3/t10-/m1/s1. The van der Waals surface area contributed by atoms with Gasteiger partial charge in [-0.3, -0.25) is 9.78 Å². The molecular formula is C10H12N2O3. The Labute approximate surface area is 87.3 Å². The van der Waals surface area contributed by atoms with Gasteiger partial charge in [0.05, 0.1) is 7.11 Å². The number of ether oxygens (including phenoxy) is 1. The number of carbonyl (C=O) groups excluding carboxylic acids is 2. The Balaban J connectivity index is 3.00. The number of nitrogens with two attached hydrogens (primary N) is 1. The topological polar surface area (TPSA) is 82.3 Å². The number of carbonyl (C=O) groups is 2. The van der Waals surface area contributed by atoms with Gasteiger partial charge in [-0.25, -0.2) is 4.79 Å². The van der Waals surface area contributed by atoms with Crippen LogP contribution in [0.1, 0.15) is 17.3 Å². The molecule has 0 bridgehead atoms. The maximum absolute atomic E-state index is 11.8. The lowest BCUT2D eigenvalue weighted by Crippen LogP contribution is -2.52. The molecule has 0 aliphatic rings. The van der Waals surface area contributed by atoms with Gasteiger partial charge in [0.1, 0.15) is 0 Å². The van der Waals surface area contributed by atoms with E-state index in [-0.39, 0.29) is 5.56 Å². The van der Waals surface area contributed by atoms with Gasteiger partial charge in [-0.05, 0) is 19.1 Å². The predicted octanol–water partition coefficient (Wildman–Crippen LogP) is 0.155. The summed E-state index contributed by atoms with van der Waals surface area (Å²) in [6.45, 7) is 1.31. The highest BCUT2D eigenvalue weighted by Gasteiger charge is 2.38. The van der Waals surface area contributed by atoms with Crippen LogP contribution in [0.15, 0.2) is 24.5 Å². The van der Waals surface area contributed by atoms with Crippen LogP contribution in [-0.4, -0.2) is 29.4 Å². The lowest BCUT2D eigenvalue weighted by molar-refractivity contribution is -0.144. The second-order valence-electron chi connectivity index (χ2n) is 3.26. The fourth-order valence-corrected chi connectivity index (χ4v) is 1.10. The van der Waals surface area contributed by atoms with Gasteiger partial charge in [-0.2, -0.15) is 0 Å². The average molecular weight is 208 g/mol. The highest BCUT2D eigenvalue weighted by Crippen LogP contribution is 2.11. The molecule has 0 spiro atoms. The van der Waals surface area contributed by atoms with Crippen LogP contribution >= 0.6 is 0 Å². The zero-order chi connectivity index (χ0) is 11.5. The van der Waals surface area contributed by atoms with E-state index in [9.17, 15) is 9.59 Å². The maximum Gasteiger partial charge on any atom is 0.333 e. The number of rotatable bonds is 3. The van der Waals surface area contributed by atoms with Crippen molar-refractivity contribution in [1.29, 1.82) is 0 Å². The highest BCUT2D eigenvalue weighted by atomic mass is 16.5. The van der Waals surface area contributed by atoms with Crippen LogP contribution in [0.3, 0.4) is 0 Å². The molecule has 0 amide bonds. The fraction of sp³-hybridized carbons (Fsp3) is 0.300. The number of esters is 1. The second kappa shape index (κ2) is 4.18. The number of ketones is 1. The number of Topliss-reactive ketones (excluding diaryl/α,β-unsaturated/α-hetero) is 1. The molecule has 0 saturated carbocycles. The molecular weight excluding hydrogens is 196 g/mol. The van der Waals surface area contributed by atoms with E-state index in [4.69, 9.17) is 5.73 Å². The number of hydrogen-bond donors (Lipinski definition) is 1. The summed E-state index contributed by atoms with van der Waals surface area (Å²) in [6.07, 6.45) is 2.89. The Kier molecular flexibility index (Phi) is 3.16. The molecule has 5 nitrogen and oxygen atoms in total. The summed E-state index contributed by atoms with van der Waals surface area (Å²) in [5.41, 5.74) is 4.21. The Morgan fingerprint density at radius 3 is 2.67 bits per heavy atom. The molecule has 0 aromatic carbocycles. The van der Waals surface area contributed by atoms with Gasteiger partial charge >= 0.3 is 5.97 Å². The molecule has 0 fully saturated rings. The maximum atomic E-state index is 11.8. The molecule has 1 atom stereocenters. The smallest absolute Gasteiger partial charge is 0.333 e. The van der Waals surface area contributed by atoms with Crippen LogP contribution in [-0.2, 0) is 9.53 Å². The van der Waals surface area contributed by atoms with Crippen molar-refractivity contribution < 1.29 is 14.3 Å². The second-order valence-corrected chi connectivity index (χ2v) is 3.26. The molecule has 0 aliphatic heterocycles. The van der Waals surface area contributed by atoms with E-state index < -0.39 is 17.3 Å². The summed E-state index contributed by atoms with van der Waals surface area (Å²) in [5, 5.41) is 0. The molecule has 80 valence electrons. The Morgan fingerprint density at radius 2 is 2.20 bits per heavy atom. The number of pyridine rings is 1. The molecule has 1 rings (SSSR count). The van der Waals surface area contributed by atoms with Gasteiger partial charge in [-0.15, -0.1) is 0 Å². The van der Waals surface area contributed by atoms with Crippen molar-refractivity contribution in [3.63, 3.8) is 0 Å². The third-order valence-electron chi connectivity index (χ3n) is 2.00. The number of aromatic nitrogens is 1. The molecule has 15 heavy (non-hydrogen) atoms. The van der Waals surface area contributed by atoms with Gasteiger partial charge in [0.15, 0.2) is 11.3 Å². The molecule has 5 heteroatoms. The van der Waals surface area contributed by atoms with Gasteiger partial charge in [0, 0.05) is 18.0 Å². The summed E-state index contributed by atoms with van der Waals surface area (Å²) in [4.78, 5) is 26.8. The lowest BCUT2D eigenvalue weighted by atomic mass is 9.93. The SMILES string of the molecule is COC(=O)[C@](C)(N)C(=O)c1cccnc1. The number of methoxy groups -OCH3 is 1. The van der Waals surface area contributed by atoms with Crippen molar-refractivity contribution in [1.82, 2.24) is 4.98 Å². The molecule has 1 aromatic heterocycles. The molecule has 1 heterocycles. The minimum atomic E-state index is -1.67. The predicted molar refractivity (Wildman–Crippen MR) is 53.2 cm³/mol. The van der Waals surface area contributed by atoms with E-state index in [0.29, 0.717) is 0 Å². The fourth-order valence-electron chi connectivity index (χ4n) is 1.10.